The van der Waals surface area contributed by atoms with Crippen LogP contribution in [0.25, 0.3) is 16.6 Å². The maximum absolute atomic E-state index is 12.9. The smallest absolute Gasteiger partial charge is 0.223 e. The molecule has 158 valence electrons. The number of benzene rings is 1. The van der Waals surface area contributed by atoms with Crippen LogP contribution in [-0.2, 0) is 11.2 Å². The molecule has 0 bridgehead atoms. The Kier molecular flexibility index (Phi) is 4.97. The molecule has 8 nitrogen and oxygen atoms in total. The second-order valence-corrected chi connectivity index (χ2v) is 7.95. The van der Waals surface area contributed by atoms with Gasteiger partial charge in [-0.3, -0.25) is 9.78 Å². The molecule has 0 spiro atoms. The molecule has 1 saturated heterocycles. The van der Waals surface area contributed by atoms with Gasteiger partial charge in [-0.1, -0.05) is 12.1 Å². The highest BCUT2D eigenvalue weighted by Gasteiger charge is 2.22. The maximum Gasteiger partial charge on any atom is 0.223 e. The first-order valence-electron chi connectivity index (χ1n) is 10.6. The van der Waals surface area contributed by atoms with Crippen molar-refractivity contribution in [2.24, 2.45) is 0 Å². The van der Waals surface area contributed by atoms with Gasteiger partial charge in [-0.2, -0.15) is 5.10 Å². The van der Waals surface area contributed by atoms with E-state index in [1.165, 1.54) is 0 Å². The van der Waals surface area contributed by atoms with Crippen LogP contribution in [0.15, 0.2) is 42.9 Å². The maximum atomic E-state index is 12.9. The van der Waals surface area contributed by atoms with Crippen molar-refractivity contribution < 1.29 is 4.79 Å². The summed E-state index contributed by atoms with van der Waals surface area (Å²) in [5.74, 6) is 1.05. The molecule has 0 unspecified atom stereocenters. The average Bonchev–Trinajstić information content (AvgIpc) is 3.18. The van der Waals surface area contributed by atoms with E-state index in [4.69, 9.17) is 10.1 Å². The standard InChI is InChI=1S/C23H25N7O/c1-16-18(17(2)30-23(26-16)19-5-3-4-6-20(19)27-30)7-8-22(31)29-13-11-28(12-14-29)21-15-24-9-10-25-21/h3-6,9-10,15H,7-8,11-14H2,1-2H3. The quantitative estimate of drug-likeness (QED) is 0.510. The third-order valence-electron chi connectivity index (χ3n) is 6.11. The van der Waals surface area contributed by atoms with Crippen molar-refractivity contribution in [3.8, 4) is 0 Å². The predicted molar refractivity (Wildman–Crippen MR) is 119 cm³/mol. The van der Waals surface area contributed by atoms with Crippen LogP contribution in [0.5, 0.6) is 0 Å². The topological polar surface area (TPSA) is 79.5 Å². The summed E-state index contributed by atoms with van der Waals surface area (Å²) in [6, 6.07) is 8.05. The van der Waals surface area contributed by atoms with Crippen molar-refractivity contribution in [2.45, 2.75) is 26.7 Å². The van der Waals surface area contributed by atoms with Crippen LogP contribution in [0.4, 0.5) is 5.82 Å². The largest absolute Gasteiger partial charge is 0.352 e. The number of carbonyl (C=O) groups excluding carboxylic acids is 1. The van der Waals surface area contributed by atoms with E-state index in [2.05, 4.69) is 21.8 Å². The van der Waals surface area contributed by atoms with E-state index in [-0.39, 0.29) is 5.91 Å². The van der Waals surface area contributed by atoms with E-state index in [1.807, 2.05) is 40.6 Å². The molecule has 1 aliphatic heterocycles. The molecule has 1 aliphatic rings. The van der Waals surface area contributed by atoms with Crippen molar-refractivity contribution >= 4 is 28.3 Å². The van der Waals surface area contributed by atoms with Gasteiger partial charge in [-0.15, -0.1) is 0 Å². The molecule has 0 saturated carbocycles. The van der Waals surface area contributed by atoms with E-state index in [1.54, 1.807) is 18.6 Å². The van der Waals surface area contributed by atoms with Gasteiger partial charge < -0.3 is 9.80 Å². The molecule has 0 N–H and O–H groups in total. The normalized spacial score (nSPS) is 14.5. The molecule has 0 atom stereocenters. The van der Waals surface area contributed by atoms with E-state index in [9.17, 15) is 4.79 Å². The van der Waals surface area contributed by atoms with Gasteiger partial charge >= 0.3 is 0 Å². The summed E-state index contributed by atoms with van der Waals surface area (Å²) in [7, 11) is 0. The zero-order chi connectivity index (χ0) is 21.4. The Hall–Kier alpha value is -3.55. The minimum atomic E-state index is 0.184. The van der Waals surface area contributed by atoms with Crippen LogP contribution in [0, 0.1) is 13.8 Å². The molecule has 1 fully saturated rings. The summed E-state index contributed by atoms with van der Waals surface area (Å²) in [5.41, 5.74) is 4.94. The molecule has 8 heteroatoms. The zero-order valence-corrected chi connectivity index (χ0v) is 17.8. The number of anilines is 1. The molecule has 4 heterocycles. The van der Waals surface area contributed by atoms with Gasteiger partial charge in [0.25, 0.3) is 0 Å². The van der Waals surface area contributed by atoms with Gasteiger partial charge in [-0.05, 0) is 38.0 Å². The molecular formula is C23H25N7O. The van der Waals surface area contributed by atoms with Crippen LogP contribution in [0.1, 0.15) is 23.4 Å². The predicted octanol–water partition coefficient (Wildman–Crippen LogP) is 2.57. The van der Waals surface area contributed by atoms with Crippen LogP contribution in [0.2, 0.25) is 0 Å². The molecule has 0 radical (unpaired) electrons. The number of aromatic nitrogens is 5. The SMILES string of the molecule is Cc1nc2c3ccccc3nn2c(C)c1CCC(=O)N1CCN(c2cnccn2)CC1. The fraction of sp³-hybridized carbons (Fsp3) is 0.348. The van der Waals surface area contributed by atoms with Gasteiger partial charge in [0.05, 0.1) is 11.7 Å². The number of amides is 1. The van der Waals surface area contributed by atoms with E-state index in [0.717, 1.165) is 52.4 Å². The van der Waals surface area contributed by atoms with E-state index < -0.39 is 0 Å². The molecule has 5 rings (SSSR count). The summed E-state index contributed by atoms with van der Waals surface area (Å²) in [4.78, 5) is 30.3. The van der Waals surface area contributed by atoms with E-state index in [0.29, 0.717) is 25.9 Å². The number of nitrogens with zero attached hydrogens (tertiary/aromatic N) is 7. The highest BCUT2D eigenvalue weighted by Crippen LogP contribution is 2.23. The van der Waals surface area contributed by atoms with Crippen molar-refractivity contribution in [2.75, 3.05) is 31.1 Å². The number of carbonyl (C=O) groups is 1. The van der Waals surface area contributed by atoms with Crippen LogP contribution in [0.3, 0.4) is 0 Å². The summed E-state index contributed by atoms with van der Waals surface area (Å²) < 4.78 is 1.91. The van der Waals surface area contributed by atoms with Crippen LogP contribution >= 0.6 is 0 Å². The zero-order valence-electron chi connectivity index (χ0n) is 17.8. The van der Waals surface area contributed by atoms with Crippen molar-refractivity contribution in [1.82, 2.24) is 29.5 Å². The molecule has 4 aromatic rings. The van der Waals surface area contributed by atoms with Crippen LogP contribution < -0.4 is 4.90 Å². The minimum Gasteiger partial charge on any atom is -0.352 e. The Labute approximate surface area is 180 Å². The second kappa shape index (κ2) is 7.94. The Morgan fingerprint density at radius 3 is 2.65 bits per heavy atom. The summed E-state index contributed by atoms with van der Waals surface area (Å²) in [6.07, 6.45) is 6.28. The van der Waals surface area contributed by atoms with Crippen molar-refractivity contribution in [3.05, 3.63) is 59.8 Å². The summed E-state index contributed by atoms with van der Waals surface area (Å²) in [6.45, 7) is 7.04. The molecule has 0 aliphatic carbocycles. The first-order valence-corrected chi connectivity index (χ1v) is 10.6. The number of piperazine rings is 1. The lowest BCUT2D eigenvalue weighted by atomic mass is 10.1. The molecule has 3 aromatic heterocycles. The first kappa shape index (κ1) is 19.4. The fourth-order valence-corrected chi connectivity index (χ4v) is 4.37. The number of hydrogen-bond acceptors (Lipinski definition) is 6. The summed E-state index contributed by atoms with van der Waals surface area (Å²) in [5, 5.41) is 5.77. The Morgan fingerprint density at radius 1 is 1.06 bits per heavy atom. The summed E-state index contributed by atoms with van der Waals surface area (Å²) >= 11 is 0. The third-order valence-corrected chi connectivity index (χ3v) is 6.11. The lowest BCUT2D eigenvalue weighted by molar-refractivity contribution is -0.131. The number of fused-ring (bicyclic) bond motifs is 3. The van der Waals surface area contributed by atoms with Gasteiger partial charge in [0.15, 0.2) is 5.65 Å². The van der Waals surface area contributed by atoms with Gasteiger partial charge in [0.2, 0.25) is 5.91 Å². The number of aryl methyl sites for hydroxylation is 2. The van der Waals surface area contributed by atoms with Gasteiger partial charge in [-0.25, -0.2) is 14.5 Å². The first-order chi connectivity index (χ1) is 15.1. The molecule has 1 aromatic carbocycles. The van der Waals surface area contributed by atoms with Gasteiger partial charge in [0, 0.05) is 61.8 Å². The second-order valence-electron chi connectivity index (χ2n) is 7.95. The van der Waals surface area contributed by atoms with E-state index >= 15 is 0 Å². The van der Waals surface area contributed by atoms with Crippen molar-refractivity contribution in [3.63, 3.8) is 0 Å². The fourth-order valence-electron chi connectivity index (χ4n) is 4.37. The Morgan fingerprint density at radius 2 is 1.87 bits per heavy atom. The lowest BCUT2D eigenvalue weighted by Gasteiger charge is -2.35. The monoisotopic (exact) mass is 415 g/mol. The van der Waals surface area contributed by atoms with Gasteiger partial charge in [0.1, 0.15) is 5.82 Å². The molecular weight excluding hydrogens is 390 g/mol. The lowest BCUT2D eigenvalue weighted by Crippen LogP contribution is -2.49. The average molecular weight is 416 g/mol. The highest BCUT2D eigenvalue weighted by molar-refractivity contribution is 5.92. The van der Waals surface area contributed by atoms with Crippen molar-refractivity contribution in [1.29, 1.82) is 0 Å². The number of rotatable bonds is 4. The Balaban J connectivity index is 1.28. The Bertz CT molecular complexity index is 1240. The minimum absolute atomic E-state index is 0.184. The number of hydrogen-bond donors (Lipinski definition) is 0. The third kappa shape index (κ3) is 3.58. The molecule has 31 heavy (non-hydrogen) atoms. The van der Waals surface area contributed by atoms with Crippen LogP contribution in [-0.4, -0.2) is 61.6 Å². The molecule has 1 amide bonds. The highest BCUT2D eigenvalue weighted by atomic mass is 16.2.